The van der Waals surface area contributed by atoms with Crippen molar-refractivity contribution in [3.8, 4) is 0 Å². The van der Waals surface area contributed by atoms with E-state index in [-0.39, 0.29) is 25.5 Å². The van der Waals surface area contributed by atoms with Gasteiger partial charge in [0.1, 0.15) is 5.65 Å². The molecular weight excluding hydrogens is 508 g/mol. The lowest BCUT2D eigenvalue weighted by atomic mass is 9.89. The molecule has 2 N–H and O–H groups in total. The number of nitrogens with one attached hydrogen (secondary N) is 1. The van der Waals surface area contributed by atoms with Crippen LogP contribution in [0.3, 0.4) is 0 Å². The Kier molecular flexibility index (Phi) is 9.54. The minimum Gasteiger partial charge on any atom is -0.393 e. The second-order valence-corrected chi connectivity index (χ2v) is 11.4. The van der Waals surface area contributed by atoms with Gasteiger partial charge in [-0.05, 0) is 89.3 Å². The van der Waals surface area contributed by atoms with E-state index in [1.165, 1.54) is 5.56 Å². The molecule has 1 amide bonds. The van der Waals surface area contributed by atoms with Gasteiger partial charge in [-0.3, -0.25) is 9.78 Å². The number of rotatable bonds is 7. The predicted octanol–water partition coefficient (Wildman–Crippen LogP) is 5.65. The summed E-state index contributed by atoms with van der Waals surface area (Å²) in [6.45, 7) is 9.71. The summed E-state index contributed by atoms with van der Waals surface area (Å²) in [6, 6.07) is 4.44. The quantitative estimate of drug-likeness (QED) is 0.393. The molecule has 0 spiro atoms. The number of fused-ring (bicyclic) bond motifs is 1. The average Bonchev–Trinajstić information content (AvgIpc) is 3.27. The fraction of sp³-hybridized carbons (Fsp3) is 0.600. The van der Waals surface area contributed by atoms with Gasteiger partial charge in [0.2, 0.25) is 5.95 Å². The Morgan fingerprint density at radius 1 is 1.08 bits per heavy atom. The highest BCUT2D eigenvalue weighted by atomic mass is 32.1. The van der Waals surface area contributed by atoms with E-state index in [1.54, 1.807) is 0 Å². The molecule has 0 unspecified atom stereocenters. The van der Waals surface area contributed by atoms with Crippen molar-refractivity contribution >= 4 is 36.4 Å². The molecule has 212 valence electrons. The molecule has 1 saturated carbocycles. The number of pyridine rings is 1. The third kappa shape index (κ3) is 6.57. The summed E-state index contributed by atoms with van der Waals surface area (Å²) in [5.41, 5.74) is 4.77. The molecule has 1 saturated heterocycles. The number of aliphatic hydroxyl groups is 1. The molecular formula is C30H44N6O2S. The number of carbonyl (C=O) groups is 1. The molecule has 39 heavy (non-hydrogen) atoms. The van der Waals surface area contributed by atoms with Crippen LogP contribution in [-0.2, 0) is 0 Å². The van der Waals surface area contributed by atoms with E-state index in [2.05, 4.69) is 34.9 Å². The number of hydrogen-bond acceptors (Lipinski definition) is 6. The van der Waals surface area contributed by atoms with Gasteiger partial charge >= 0.3 is 0 Å². The van der Waals surface area contributed by atoms with Gasteiger partial charge in [-0.2, -0.15) is 18.5 Å². The van der Waals surface area contributed by atoms with Crippen molar-refractivity contribution in [3.63, 3.8) is 0 Å². The Morgan fingerprint density at radius 2 is 1.74 bits per heavy atom. The first kappa shape index (κ1) is 29.3. The van der Waals surface area contributed by atoms with Gasteiger partial charge in [0.15, 0.2) is 0 Å². The SMILES string of the molecule is CCC[C@H](C)Nc1ncc2c(C3CCN(C(=O)c4cc(C)nc(C)c4)CC3)cn(C3CCC(O)CC3)c2n1.S. The summed E-state index contributed by atoms with van der Waals surface area (Å²) in [7, 11) is 0. The van der Waals surface area contributed by atoms with Crippen LogP contribution in [0, 0.1) is 13.8 Å². The number of aryl methyl sites for hydroxylation is 2. The normalized spacial score (nSPS) is 21.0. The van der Waals surface area contributed by atoms with E-state index >= 15 is 0 Å². The molecule has 4 heterocycles. The van der Waals surface area contributed by atoms with Crippen LogP contribution < -0.4 is 5.32 Å². The van der Waals surface area contributed by atoms with E-state index in [9.17, 15) is 9.90 Å². The summed E-state index contributed by atoms with van der Waals surface area (Å²) in [5.74, 6) is 1.14. The lowest BCUT2D eigenvalue weighted by Gasteiger charge is -2.32. The Hall–Kier alpha value is -2.65. The number of likely N-dealkylation sites (tertiary alicyclic amines) is 1. The van der Waals surface area contributed by atoms with E-state index in [4.69, 9.17) is 9.97 Å². The van der Waals surface area contributed by atoms with Crippen molar-refractivity contribution in [3.05, 3.63) is 47.0 Å². The van der Waals surface area contributed by atoms with E-state index in [0.717, 1.165) is 92.4 Å². The second kappa shape index (κ2) is 12.7. The highest BCUT2D eigenvalue weighted by molar-refractivity contribution is 7.59. The molecule has 0 aromatic carbocycles. The van der Waals surface area contributed by atoms with E-state index in [0.29, 0.717) is 23.9 Å². The summed E-state index contributed by atoms with van der Waals surface area (Å²) in [4.78, 5) is 29.3. The van der Waals surface area contributed by atoms with Crippen LogP contribution in [0.5, 0.6) is 0 Å². The molecule has 5 rings (SSSR count). The molecule has 0 radical (unpaired) electrons. The molecule has 2 fully saturated rings. The second-order valence-electron chi connectivity index (χ2n) is 11.4. The predicted molar refractivity (Wildman–Crippen MR) is 161 cm³/mol. The maximum Gasteiger partial charge on any atom is 0.253 e. The smallest absolute Gasteiger partial charge is 0.253 e. The Bertz CT molecular complexity index is 1260. The zero-order chi connectivity index (χ0) is 26.8. The molecule has 9 heteroatoms. The maximum absolute atomic E-state index is 13.2. The fourth-order valence-electron chi connectivity index (χ4n) is 6.32. The molecule has 1 aliphatic heterocycles. The topological polar surface area (TPSA) is 96.2 Å². The van der Waals surface area contributed by atoms with Gasteiger partial charge < -0.3 is 19.9 Å². The molecule has 2 aliphatic rings. The van der Waals surface area contributed by atoms with Crippen molar-refractivity contribution in [1.82, 2.24) is 24.4 Å². The number of amides is 1. The van der Waals surface area contributed by atoms with Crippen LogP contribution in [0.25, 0.3) is 11.0 Å². The van der Waals surface area contributed by atoms with Gasteiger partial charge in [0.25, 0.3) is 5.91 Å². The highest BCUT2D eigenvalue weighted by Gasteiger charge is 2.30. The van der Waals surface area contributed by atoms with E-state index in [1.807, 2.05) is 37.1 Å². The van der Waals surface area contributed by atoms with Gasteiger partial charge in [0.05, 0.1) is 6.10 Å². The highest BCUT2D eigenvalue weighted by Crippen LogP contribution is 2.38. The first-order chi connectivity index (χ1) is 18.3. The van der Waals surface area contributed by atoms with Crippen LogP contribution in [0.2, 0.25) is 0 Å². The largest absolute Gasteiger partial charge is 0.393 e. The van der Waals surface area contributed by atoms with Crippen LogP contribution in [0.15, 0.2) is 24.5 Å². The zero-order valence-corrected chi connectivity index (χ0v) is 24.8. The van der Waals surface area contributed by atoms with Crippen LogP contribution in [0.1, 0.15) is 104 Å². The van der Waals surface area contributed by atoms with Gasteiger partial charge in [-0.1, -0.05) is 13.3 Å². The Balaban J connectivity index is 0.00000353. The number of anilines is 1. The number of piperidine rings is 1. The van der Waals surface area contributed by atoms with Crippen molar-refractivity contribution < 1.29 is 9.90 Å². The standard InChI is InChI=1S/C30H42N6O2.H2S/c1-5-6-19(2)33-30-31-17-26-27(18-36(28(26)34-30)24-7-9-25(37)10-8-24)22-11-13-35(14-12-22)29(38)23-15-20(3)32-21(4)16-23;/h15-19,22,24-25,37H,5-14H2,1-4H3,(H,31,33,34);1H2/t19-,24?,25?;/m0./s1. The van der Waals surface area contributed by atoms with Crippen molar-refractivity contribution in [2.75, 3.05) is 18.4 Å². The molecule has 3 aromatic rings. The first-order valence-electron chi connectivity index (χ1n) is 14.4. The fourth-order valence-corrected chi connectivity index (χ4v) is 6.32. The number of aromatic nitrogens is 4. The van der Waals surface area contributed by atoms with Crippen molar-refractivity contribution in [2.24, 2.45) is 0 Å². The number of hydrogen-bond donors (Lipinski definition) is 2. The lowest BCUT2D eigenvalue weighted by molar-refractivity contribution is 0.0712. The Labute approximate surface area is 239 Å². The number of nitrogens with zero attached hydrogens (tertiary/aromatic N) is 5. The zero-order valence-electron chi connectivity index (χ0n) is 23.8. The summed E-state index contributed by atoms with van der Waals surface area (Å²) in [6.07, 6.45) is 11.7. The van der Waals surface area contributed by atoms with Crippen molar-refractivity contribution in [1.29, 1.82) is 0 Å². The molecule has 8 nitrogen and oxygen atoms in total. The summed E-state index contributed by atoms with van der Waals surface area (Å²) in [5, 5.41) is 14.7. The van der Waals surface area contributed by atoms with Crippen LogP contribution in [0.4, 0.5) is 5.95 Å². The van der Waals surface area contributed by atoms with Crippen molar-refractivity contribution in [2.45, 2.75) is 103 Å². The van der Waals surface area contributed by atoms with Crippen LogP contribution in [-0.4, -0.2) is 60.7 Å². The molecule has 3 aromatic heterocycles. The summed E-state index contributed by atoms with van der Waals surface area (Å²) >= 11 is 0. The summed E-state index contributed by atoms with van der Waals surface area (Å²) < 4.78 is 2.36. The monoisotopic (exact) mass is 552 g/mol. The molecule has 1 aliphatic carbocycles. The maximum atomic E-state index is 13.2. The van der Waals surface area contributed by atoms with Gasteiger partial charge in [0, 0.05) is 59.9 Å². The lowest BCUT2D eigenvalue weighted by Crippen LogP contribution is -2.38. The third-order valence-electron chi connectivity index (χ3n) is 8.31. The Morgan fingerprint density at radius 3 is 2.38 bits per heavy atom. The minimum absolute atomic E-state index is 0. The third-order valence-corrected chi connectivity index (χ3v) is 8.31. The van der Waals surface area contributed by atoms with Gasteiger partial charge in [-0.25, -0.2) is 4.98 Å². The molecule has 0 bridgehead atoms. The number of carbonyl (C=O) groups excluding carboxylic acids is 1. The van der Waals surface area contributed by atoms with Crippen LogP contribution >= 0.6 is 13.5 Å². The van der Waals surface area contributed by atoms with Gasteiger partial charge in [-0.15, -0.1) is 0 Å². The van der Waals surface area contributed by atoms with E-state index < -0.39 is 0 Å². The molecule has 1 atom stereocenters. The first-order valence-corrected chi connectivity index (χ1v) is 14.4. The number of aliphatic hydroxyl groups excluding tert-OH is 1. The minimum atomic E-state index is -0.191. The average molecular weight is 553 g/mol.